The van der Waals surface area contributed by atoms with Gasteiger partial charge in [-0.2, -0.15) is 11.1 Å². The Hall–Kier alpha value is -0.343. The van der Waals surface area contributed by atoms with Gasteiger partial charge in [-0.15, -0.1) is 0 Å². The molecule has 0 radical (unpaired) electrons. The first-order chi connectivity index (χ1) is 9.71. The molecule has 1 aliphatic carbocycles. The van der Waals surface area contributed by atoms with Crippen LogP contribution in [-0.2, 0) is 5.41 Å². The minimum absolute atomic E-state index is 0.114. The minimum Gasteiger partial charge on any atom is -0.207 e. The van der Waals surface area contributed by atoms with Gasteiger partial charge in [0.15, 0.2) is 0 Å². The van der Waals surface area contributed by atoms with Gasteiger partial charge in [-0.1, -0.05) is 44.2 Å². The minimum atomic E-state index is -0.908. The van der Waals surface area contributed by atoms with Crippen LogP contribution in [0.4, 0.5) is 4.39 Å². The lowest BCUT2D eigenvalue weighted by atomic mass is 9.60. The molecule has 1 aromatic rings. The third-order valence-corrected chi connectivity index (χ3v) is 8.83. The molecule has 2 aliphatic rings. The third kappa shape index (κ3) is 2.82. The Morgan fingerprint density at radius 1 is 1.00 bits per heavy atom. The molecule has 0 unspecified atom stereocenters. The molecule has 0 nitrogen and oxygen atoms in total. The highest BCUT2D eigenvalue weighted by Crippen LogP contribution is 2.50. The van der Waals surface area contributed by atoms with E-state index in [1.54, 1.807) is 12.1 Å². The summed E-state index contributed by atoms with van der Waals surface area (Å²) in [4.78, 5) is 0. The molecule has 1 heterocycles. The zero-order chi connectivity index (χ0) is 14.0. The average molecular weight is 311 g/mol. The summed E-state index contributed by atoms with van der Waals surface area (Å²) in [6.07, 6.45) is 9.21. The third-order valence-electron chi connectivity index (χ3n) is 5.60. The molecular formula is C17H24ClFSi. The van der Waals surface area contributed by atoms with Crippen LogP contribution in [0.1, 0.15) is 50.5 Å². The first-order valence-electron chi connectivity index (χ1n) is 8.11. The van der Waals surface area contributed by atoms with Crippen molar-refractivity contribution in [3.8, 4) is 0 Å². The van der Waals surface area contributed by atoms with Crippen molar-refractivity contribution >= 4 is 19.2 Å². The highest BCUT2D eigenvalue weighted by atomic mass is 35.6. The fourth-order valence-corrected chi connectivity index (χ4v) is 7.08. The second-order valence-corrected chi connectivity index (χ2v) is 10.9. The normalized spacial score (nSPS) is 30.1. The van der Waals surface area contributed by atoms with E-state index in [1.165, 1.54) is 62.6 Å². The Morgan fingerprint density at radius 3 is 2.20 bits per heavy atom. The summed E-state index contributed by atoms with van der Waals surface area (Å²) >= 11 is 6.42. The summed E-state index contributed by atoms with van der Waals surface area (Å²) in [5.74, 6) is 0.660. The van der Waals surface area contributed by atoms with Gasteiger partial charge in [0.2, 0.25) is 0 Å². The van der Waals surface area contributed by atoms with Crippen LogP contribution >= 0.6 is 11.1 Å². The first kappa shape index (κ1) is 14.6. The lowest BCUT2D eigenvalue weighted by molar-refractivity contribution is 0.175. The highest BCUT2D eigenvalue weighted by molar-refractivity contribution is 7.07. The second kappa shape index (κ2) is 6.19. The molecule has 1 saturated heterocycles. The standard InChI is InChI=1S/C17H24ClFSi/c18-20-12-8-15(9-13-20)17(10-2-1-3-11-17)14-4-6-16(19)7-5-14/h4-7,15,20H,1-3,8-13H2. The van der Waals surface area contributed by atoms with Crippen LogP contribution in [0, 0.1) is 11.7 Å². The molecule has 0 atom stereocenters. The van der Waals surface area contributed by atoms with E-state index < -0.39 is 8.11 Å². The first-order valence-corrected chi connectivity index (χ1v) is 11.5. The molecule has 0 amide bonds. The molecule has 0 bridgehead atoms. The maximum Gasteiger partial charge on any atom is 0.141 e. The van der Waals surface area contributed by atoms with Crippen molar-refractivity contribution in [2.45, 2.75) is 62.4 Å². The van der Waals surface area contributed by atoms with Gasteiger partial charge in [0.05, 0.1) is 0 Å². The Kier molecular flexibility index (Phi) is 4.51. The van der Waals surface area contributed by atoms with Gasteiger partial charge >= 0.3 is 0 Å². The van der Waals surface area contributed by atoms with Gasteiger partial charge in [0.1, 0.15) is 13.9 Å². The molecule has 1 aromatic carbocycles. The molecular weight excluding hydrogens is 287 g/mol. The Bertz CT molecular complexity index is 431. The van der Waals surface area contributed by atoms with Crippen LogP contribution in [0.3, 0.4) is 0 Å². The van der Waals surface area contributed by atoms with Crippen LogP contribution in [-0.4, -0.2) is 8.11 Å². The van der Waals surface area contributed by atoms with Crippen molar-refractivity contribution < 1.29 is 4.39 Å². The number of halogens is 2. The van der Waals surface area contributed by atoms with Crippen LogP contribution in [0.15, 0.2) is 24.3 Å². The van der Waals surface area contributed by atoms with Gasteiger partial charge < -0.3 is 0 Å². The second-order valence-electron chi connectivity index (χ2n) is 6.67. The smallest absolute Gasteiger partial charge is 0.141 e. The molecule has 0 aromatic heterocycles. The van der Waals surface area contributed by atoms with Crippen molar-refractivity contribution in [2.24, 2.45) is 5.92 Å². The van der Waals surface area contributed by atoms with E-state index >= 15 is 0 Å². The predicted octanol–water partition coefficient (Wildman–Crippen LogP) is 5.40. The molecule has 1 saturated carbocycles. The van der Waals surface area contributed by atoms with Crippen molar-refractivity contribution in [3.05, 3.63) is 35.6 Å². The summed E-state index contributed by atoms with van der Waals surface area (Å²) in [5.41, 5.74) is 1.70. The molecule has 3 heteroatoms. The van der Waals surface area contributed by atoms with Crippen molar-refractivity contribution in [1.82, 2.24) is 0 Å². The lowest BCUT2D eigenvalue weighted by Crippen LogP contribution is -2.39. The average Bonchev–Trinajstić information content (AvgIpc) is 2.49. The molecule has 3 rings (SSSR count). The van der Waals surface area contributed by atoms with Crippen molar-refractivity contribution in [3.63, 3.8) is 0 Å². The fourth-order valence-electron chi connectivity index (χ4n) is 4.50. The number of hydrogen-bond acceptors (Lipinski definition) is 0. The van der Waals surface area contributed by atoms with Gasteiger partial charge in [0, 0.05) is 0 Å². The van der Waals surface area contributed by atoms with Crippen LogP contribution in [0.25, 0.3) is 0 Å². The van der Waals surface area contributed by atoms with Crippen LogP contribution < -0.4 is 0 Å². The molecule has 20 heavy (non-hydrogen) atoms. The highest BCUT2D eigenvalue weighted by Gasteiger charge is 2.42. The Balaban J connectivity index is 1.89. The summed E-state index contributed by atoms with van der Waals surface area (Å²) < 4.78 is 13.3. The van der Waals surface area contributed by atoms with Gasteiger partial charge in [-0.25, -0.2) is 4.39 Å². The van der Waals surface area contributed by atoms with Gasteiger partial charge in [-0.3, -0.25) is 0 Å². The van der Waals surface area contributed by atoms with E-state index in [-0.39, 0.29) is 5.82 Å². The lowest BCUT2D eigenvalue weighted by Gasteiger charge is -2.46. The molecule has 2 fully saturated rings. The van der Waals surface area contributed by atoms with Gasteiger partial charge in [0.25, 0.3) is 0 Å². The Morgan fingerprint density at radius 2 is 1.60 bits per heavy atom. The number of hydrogen-bond donors (Lipinski definition) is 0. The summed E-state index contributed by atoms with van der Waals surface area (Å²) in [7, 11) is -0.908. The van der Waals surface area contributed by atoms with Crippen LogP contribution in [0.5, 0.6) is 0 Å². The van der Waals surface area contributed by atoms with E-state index in [9.17, 15) is 4.39 Å². The molecule has 1 aliphatic heterocycles. The van der Waals surface area contributed by atoms with E-state index in [1.807, 2.05) is 12.1 Å². The molecule has 110 valence electrons. The maximum atomic E-state index is 13.3. The Labute approximate surface area is 128 Å². The summed E-state index contributed by atoms with van der Waals surface area (Å²) in [6.45, 7) is 0. The van der Waals surface area contributed by atoms with E-state index in [0.29, 0.717) is 5.41 Å². The predicted molar refractivity (Wildman–Crippen MR) is 86.5 cm³/mol. The zero-order valence-corrected chi connectivity index (χ0v) is 14.0. The van der Waals surface area contributed by atoms with Crippen molar-refractivity contribution in [2.75, 3.05) is 0 Å². The summed E-state index contributed by atoms with van der Waals surface area (Å²) in [6, 6.07) is 9.96. The van der Waals surface area contributed by atoms with E-state index in [4.69, 9.17) is 11.1 Å². The van der Waals surface area contributed by atoms with Gasteiger partial charge in [-0.05, 0) is 54.0 Å². The maximum absolute atomic E-state index is 13.3. The molecule has 0 N–H and O–H groups in total. The SMILES string of the molecule is Fc1ccc(C2(C3CC[SiH](Cl)CC3)CCCCC2)cc1. The monoisotopic (exact) mass is 310 g/mol. The van der Waals surface area contributed by atoms with E-state index in [0.717, 1.165) is 5.92 Å². The topological polar surface area (TPSA) is 0 Å². The van der Waals surface area contributed by atoms with E-state index in [2.05, 4.69) is 0 Å². The van der Waals surface area contributed by atoms with Crippen LogP contribution in [0.2, 0.25) is 12.1 Å². The fraction of sp³-hybridized carbons (Fsp3) is 0.647. The largest absolute Gasteiger partial charge is 0.207 e. The van der Waals surface area contributed by atoms with Crippen molar-refractivity contribution in [1.29, 1.82) is 0 Å². The quantitative estimate of drug-likeness (QED) is 0.507. The molecule has 0 spiro atoms. The summed E-state index contributed by atoms with van der Waals surface area (Å²) in [5, 5.41) is 0. The zero-order valence-electron chi connectivity index (χ0n) is 12.1. The number of rotatable bonds is 2. The number of benzene rings is 1.